The minimum atomic E-state index is -0.207. The van der Waals surface area contributed by atoms with E-state index < -0.39 is 0 Å². The van der Waals surface area contributed by atoms with Crippen LogP contribution in [0.5, 0.6) is 0 Å². The summed E-state index contributed by atoms with van der Waals surface area (Å²) in [5.41, 5.74) is 6.34. The van der Waals surface area contributed by atoms with Crippen molar-refractivity contribution in [1.82, 2.24) is 9.78 Å². The summed E-state index contributed by atoms with van der Waals surface area (Å²) in [6.45, 7) is 2.97. The van der Waals surface area contributed by atoms with Crippen LogP contribution >= 0.6 is 0 Å². The molecule has 6 nitrogen and oxygen atoms in total. The largest absolute Gasteiger partial charge is 0.372 e. The van der Waals surface area contributed by atoms with Gasteiger partial charge in [0.05, 0.1) is 0 Å². The predicted octanol–water partition coefficient (Wildman–Crippen LogP) is 0.244. The van der Waals surface area contributed by atoms with Crippen LogP contribution in [0, 0.1) is 0 Å². The second-order valence-electron chi connectivity index (χ2n) is 3.48. The molecule has 1 rings (SSSR count). The fraction of sp³-hybridized carbons (Fsp3) is 0.600. The zero-order chi connectivity index (χ0) is 12.0. The molecule has 0 aromatic carbocycles. The summed E-state index contributed by atoms with van der Waals surface area (Å²) in [7, 11) is 1.78. The van der Waals surface area contributed by atoms with Gasteiger partial charge >= 0.3 is 0 Å². The number of amides is 1. The molecule has 0 fully saturated rings. The van der Waals surface area contributed by atoms with Gasteiger partial charge in [0.1, 0.15) is 6.61 Å². The summed E-state index contributed by atoms with van der Waals surface area (Å²) in [6, 6.07) is 0. The molecule has 3 N–H and O–H groups in total. The second kappa shape index (κ2) is 6.24. The van der Waals surface area contributed by atoms with Crippen LogP contribution in [0.4, 0.5) is 5.82 Å². The number of aryl methyl sites for hydroxylation is 1. The van der Waals surface area contributed by atoms with Crippen molar-refractivity contribution < 1.29 is 9.53 Å². The number of carbonyl (C=O) groups excluding carboxylic acids is 1. The molecular formula is C10H18N4O2. The van der Waals surface area contributed by atoms with E-state index in [2.05, 4.69) is 10.4 Å². The minimum Gasteiger partial charge on any atom is -0.372 e. The smallest absolute Gasteiger partial charge is 0.251 e. The number of nitrogens with two attached hydrogens (primary N) is 1. The van der Waals surface area contributed by atoms with E-state index in [9.17, 15) is 4.79 Å². The standard InChI is InChI=1S/C10H18N4O2/c1-3-4-16-7-9(15)12-10-8(5-11)6-14(2)13-10/h6H,3-5,7,11H2,1-2H3,(H,12,13,15). The van der Waals surface area contributed by atoms with Gasteiger partial charge in [0, 0.05) is 32.0 Å². The maximum atomic E-state index is 11.4. The maximum absolute atomic E-state index is 11.4. The number of aromatic nitrogens is 2. The Hall–Kier alpha value is -1.40. The number of rotatable bonds is 6. The molecule has 0 spiro atoms. The molecule has 6 heteroatoms. The van der Waals surface area contributed by atoms with E-state index in [1.165, 1.54) is 0 Å². The Kier molecular flexibility index (Phi) is 4.94. The van der Waals surface area contributed by atoms with E-state index in [1.807, 2.05) is 6.92 Å². The van der Waals surface area contributed by atoms with Crippen molar-refractivity contribution >= 4 is 11.7 Å². The van der Waals surface area contributed by atoms with Gasteiger partial charge in [-0.15, -0.1) is 0 Å². The fourth-order valence-electron chi connectivity index (χ4n) is 1.27. The maximum Gasteiger partial charge on any atom is 0.251 e. The zero-order valence-corrected chi connectivity index (χ0v) is 9.69. The second-order valence-corrected chi connectivity index (χ2v) is 3.48. The highest BCUT2D eigenvalue weighted by molar-refractivity contribution is 5.91. The van der Waals surface area contributed by atoms with Gasteiger partial charge in [-0.2, -0.15) is 5.10 Å². The van der Waals surface area contributed by atoms with Crippen LogP contribution in [-0.2, 0) is 23.1 Å². The van der Waals surface area contributed by atoms with Gasteiger partial charge in [-0.3, -0.25) is 9.48 Å². The van der Waals surface area contributed by atoms with E-state index in [0.29, 0.717) is 19.0 Å². The van der Waals surface area contributed by atoms with Crippen molar-refractivity contribution in [1.29, 1.82) is 0 Å². The molecule has 0 saturated heterocycles. The quantitative estimate of drug-likeness (QED) is 0.681. The lowest BCUT2D eigenvalue weighted by Crippen LogP contribution is -2.20. The SMILES string of the molecule is CCCOCC(=O)Nc1nn(C)cc1CN. The first-order chi connectivity index (χ1) is 7.67. The number of nitrogens with zero attached hydrogens (tertiary/aromatic N) is 2. The highest BCUT2D eigenvalue weighted by atomic mass is 16.5. The van der Waals surface area contributed by atoms with Crippen LogP contribution in [0.25, 0.3) is 0 Å². The third kappa shape index (κ3) is 3.63. The Labute approximate surface area is 94.8 Å². The number of anilines is 1. The number of hydrogen-bond donors (Lipinski definition) is 2. The summed E-state index contributed by atoms with van der Waals surface area (Å²) < 4.78 is 6.74. The van der Waals surface area contributed by atoms with Crippen LogP contribution in [0.2, 0.25) is 0 Å². The number of carbonyl (C=O) groups is 1. The zero-order valence-electron chi connectivity index (χ0n) is 9.69. The summed E-state index contributed by atoms with van der Waals surface area (Å²) in [5, 5.41) is 6.76. The van der Waals surface area contributed by atoms with Crippen molar-refractivity contribution in [3.8, 4) is 0 Å². The van der Waals surface area contributed by atoms with E-state index in [4.69, 9.17) is 10.5 Å². The Morgan fingerprint density at radius 2 is 2.44 bits per heavy atom. The van der Waals surface area contributed by atoms with Gasteiger partial charge < -0.3 is 15.8 Å². The lowest BCUT2D eigenvalue weighted by atomic mass is 10.3. The molecule has 0 atom stereocenters. The van der Waals surface area contributed by atoms with Crippen molar-refractivity contribution in [3.63, 3.8) is 0 Å². The molecule has 1 aromatic heterocycles. The topological polar surface area (TPSA) is 82.2 Å². The van der Waals surface area contributed by atoms with Crippen molar-refractivity contribution in [3.05, 3.63) is 11.8 Å². The molecule has 0 radical (unpaired) electrons. The first-order valence-electron chi connectivity index (χ1n) is 5.27. The minimum absolute atomic E-state index is 0.0500. The van der Waals surface area contributed by atoms with Crippen LogP contribution in [-0.4, -0.2) is 28.9 Å². The normalized spacial score (nSPS) is 10.4. The molecule has 1 aromatic rings. The molecule has 0 aliphatic carbocycles. The Balaban J connectivity index is 2.48. The number of hydrogen-bond acceptors (Lipinski definition) is 4. The highest BCUT2D eigenvalue weighted by Gasteiger charge is 2.09. The first-order valence-corrected chi connectivity index (χ1v) is 5.27. The molecule has 0 aliphatic heterocycles. The Morgan fingerprint density at radius 3 is 3.06 bits per heavy atom. The van der Waals surface area contributed by atoms with Gasteiger partial charge in [-0.1, -0.05) is 6.92 Å². The molecule has 90 valence electrons. The summed E-state index contributed by atoms with van der Waals surface area (Å²) in [5.74, 6) is 0.303. The van der Waals surface area contributed by atoms with Gasteiger partial charge in [0.2, 0.25) is 0 Å². The van der Waals surface area contributed by atoms with Crippen LogP contribution in [0.1, 0.15) is 18.9 Å². The molecule has 0 unspecified atom stereocenters. The van der Waals surface area contributed by atoms with Crippen molar-refractivity contribution in [2.75, 3.05) is 18.5 Å². The fourth-order valence-corrected chi connectivity index (χ4v) is 1.27. The third-order valence-electron chi connectivity index (χ3n) is 1.96. The summed E-state index contributed by atoms with van der Waals surface area (Å²) >= 11 is 0. The van der Waals surface area contributed by atoms with Crippen LogP contribution < -0.4 is 11.1 Å². The number of ether oxygens (including phenoxy) is 1. The average Bonchev–Trinajstić information content (AvgIpc) is 2.59. The van der Waals surface area contributed by atoms with E-state index in [0.717, 1.165) is 12.0 Å². The van der Waals surface area contributed by atoms with Crippen molar-refractivity contribution in [2.24, 2.45) is 12.8 Å². The molecule has 0 aliphatic rings. The molecule has 1 heterocycles. The molecular weight excluding hydrogens is 208 g/mol. The third-order valence-corrected chi connectivity index (χ3v) is 1.96. The molecule has 0 bridgehead atoms. The highest BCUT2D eigenvalue weighted by Crippen LogP contribution is 2.10. The number of nitrogens with one attached hydrogen (secondary N) is 1. The monoisotopic (exact) mass is 226 g/mol. The summed E-state index contributed by atoms with van der Waals surface area (Å²) in [4.78, 5) is 11.4. The van der Waals surface area contributed by atoms with Gasteiger partial charge in [-0.05, 0) is 6.42 Å². The Bertz CT molecular complexity index is 349. The van der Waals surface area contributed by atoms with E-state index in [1.54, 1.807) is 17.9 Å². The lowest BCUT2D eigenvalue weighted by Gasteiger charge is -2.04. The molecule has 16 heavy (non-hydrogen) atoms. The Morgan fingerprint density at radius 1 is 1.69 bits per heavy atom. The van der Waals surface area contributed by atoms with E-state index >= 15 is 0 Å². The summed E-state index contributed by atoms with van der Waals surface area (Å²) in [6.07, 6.45) is 2.67. The van der Waals surface area contributed by atoms with Gasteiger partial charge in [-0.25, -0.2) is 0 Å². The molecule has 1 amide bonds. The van der Waals surface area contributed by atoms with Gasteiger partial charge in [0.15, 0.2) is 5.82 Å². The lowest BCUT2D eigenvalue weighted by molar-refractivity contribution is -0.120. The van der Waals surface area contributed by atoms with Gasteiger partial charge in [0.25, 0.3) is 5.91 Å². The first kappa shape index (κ1) is 12.7. The van der Waals surface area contributed by atoms with E-state index in [-0.39, 0.29) is 12.5 Å². The van der Waals surface area contributed by atoms with Crippen molar-refractivity contribution in [2.45, 2.75) is 19.9 Å². The van der Waals surface area contributed by atoms with Crippen LogP contribution in [0.15, 0.2) is 6.20 Å². The van der Waals surface area contributed by atoms with Crippen LogP contribution in [0.3, 0.4) is 0 Å². The molecule has 0 saturated carbocycles. The predicted molar refractivity (Wildman–Crippen MR) is 60.8 cm³/mol. The average molecular weight is 226 g/mol.